The smallest absolute Gasteiger partial charge is 0.221 e. The first-order valence-corrected chi connectivity index (χ1v) is 8.59. The summed E-state index contributed by atoms with van der Waals surface area (Å²) in [5, 5.41) is 3.00. The first-order valence-electron chi connectivity index (χ1n) is 8.59. The van der Waals surface area contributed by atoms with Gasteiger partial charge in [-0.25, -0.2) is 0 Å². The van der Waals surface area contributed by atoms with Gasteiger partial charge in [-0.3, -0.25) is 9.69 Å². The lowest BCUT2D eigenvalue weighted by Gasteiger charge is -2.36. The van der Waals surface area contributed by atoms with Gasteiger partial charge in [0.1, 0.15) is 11.5 Å². The number of piperidine rings is 1. The maximum Gasteiger partial charge on any atom is 0.221 e. The van der Waals surface area contributed by atoms with Crippen molar-refractivity contribution in [3.05, 3.63) is 23.8 Å². The van der Waals surface area contributed by atoms with E-state index in [4.69, 9.17) is 15.2 Å². The summed E-state index contributed by atoms with van der Waals surface area (Å²) in [6.45, 7) is 2.88. The highest BCUT2D eigenvalue weighted by molar-refractivity contribution is 5.85. The lowest BCUT2D eigenvalue weighted by atomic mass is 10.0. The largest absolute Gasteiger partial charge is 0.497 e. The molecule has 6 nitrogen and oxygen atoms in total. The molecule has 25 heavy (non-hydrogen) atoms. The first-order chi connectivity index (χ1) is 11.7. The molecule has 0 aromatic heterocycles. The van der Waals surface area contributed by atoms with Crippen LogP contribution in [0.2, 0.25) is 0 Å². The summed E-state index contributed by atoms with van der Waals surface area (Å²) in [4.78, 5) is 14.1. The van der Waals surface area contributed by atoms with Crippen molar-refractivity contribution in [2.45, 2.75) is 38.3 Å². The lowest BCUT2D eigenvalue weighted by Crippen LogP contribution is -2.46. The van der Waals surface area contributed by atoms with Crippen LogP contribution < -0.4 is 20.5 Å². The van der Waals surface area contributed by atoms with Crippen molar-refractivity contribution >= 4 is 18.3 Å². The number of ether oxygens (including phenoxy) is 2. The van der Waals surface area contributed by atoms with E-state index >= 15 is 0 Å². The second-order valence-electron chi connectivity index (χ2n) is 6.14. The van der Waals surface area contributed by atoms with Crippen LogP contribution >= 0.6 is 12.4 Å². The predicted molar refractivity (Wildman–Crippen MR) is 102 cm³/mol. The van der Waals surface area contributed by atoms with Gasteiger partial charge in [-0.2, -0.15) is 0 Å². The summed E-state index contributed by atoms with van der Waals surface area (Å²) in [6, 6.07) is 6.22. The second kappa shape index (κ2) is 11.2. The minimum atomic E-state index is 0. The number of nitrogens with zero attached hydrogens (tertiary/aromatic N) is 1. The third-order valence-corrected chi connectivity index (χ3v) is 4.52. The van der Waals surface area contributed by atoms with Crippen LogP contribution in [0.25, 0.3) is 0 Å². The number of methoxy groups -OCH3 is 2. The van der Waals surface area contributed by atoms with E-state index in [1.54, 1.807) is 14.2 Å². The third-order valence-electron chi connectivity index (χ3n) is 4.52. The van der Waals surface area contributed by atoms with Crippen molar-refractivity contribution in [3.8, 4) is 11.5 Å². The number of carbonyl (C=O) groups is 1. The van der Waals surface area contributed by atoms with Crippen LogP contribution in [0.1, 0.15) is 31.2 Å². The molecule has 1 aromatic carbocycles. The van der Waals surface area contributed by atoms with Gasteiger partial charge in [-0.1, -0.05) is 6.42 Å². The fourth-order valence-corrected chi connectivity index (χ4v) is 3.17. The highest BCUT2D eigenvalue weighted by atomic mass is 35.5. The Balaban J connectivity index is 0.00000312. The van der Waals surface area contributed by atoms with Crippen LogP contribution in [0.3, 0.4) is 0 Å². The van der Waals surface area contributed by atoms with Crippen molar-refractivity contribution < 1.29 is 14.3 Å². The number of nitrogens with one attached hydrogen (secondary N) is 1. The van der Waals surface area contributed by atoms with E-state index in [0.29, 0.717) is 25.6 Å². The summed E-state index contributed by atoms with van der Waals surface area (Å²) < 4.78 is 10.8. The number of hydrogen-bond donors (Lipinski definition) is 2. The van der Waals surface area contributed by atoms with Gasteiger partial charge >= 0.3 is 0 Å². The van der Waals surface area contributed by atoms with Crippen LogP contribution in [-0.2, 0) is 11.3 Å². The van der Waals surface area contributed by atoms with E-state index in [0.717, 1.165) is 36.6 Å². The molecule has 1 fully saturated rings. The van der Waals surface area contributed by atoms with Gasteiger partial charge < -0.3 is 20.5 Å². The van der Waals surface area contributed by atoms with E-state index in [-0.39, 0.29) is 18.3 Å². The number of halogens is 1. The number of nitrogens with two attached hydrogens (primary N) is 1. The van der Waals surface area contributed by atoms with E-state index in [9.17, 15) is 4.79 Å². The average molecular weight is 372 g/mol. The summed E-state index contributed by atoms with van der Waals surface area (Å²) in [7, 11) is 3.36. The molecule has 1 aliphatic rings. The fraction of sp³-hybridized carbons (Fsp3) is 0.611. The molecule has 0 aliphatic carbocycles. The average Bonchev–Trinajstić information content (AvgIpc) is 2.61. The quantitative estimate of drug-likeness (QED) is 0.730. The summed E-state index contributed by atoms with van der Waals surface area (Å²) in [5.41, 5.74) is 6.54. The number of carbonyl (C=O) groups excluding carboxylic acids is 1. The van der Waals surface area contributed by atoms with Gasteiger partial charge in [0, 0.05) is 37.7 Å². The monoisotopic (exact) mass is 371 g/mol. The van der Waals surface area contributed by atoms with E-state index in [2.05, 4.69) is 10.2 Å². The fourth-order valence-electron chi connectivity index (χ4n) is 3.17. The van der Waals surface area contributed by atoms with Crippen LogP contribution in [0.4, 0.5) is 0 Å². The van der Waals surface area contributed by atoms with Gasteiger partial charge in [0.15, 0.2) is 0 Å². The Kier molecular flexibility index (Phi) is 9.63. The molecule has 0 saturated carbocycles. The maximum absolute atomic E-state index is 11.7. The molecular formula is C18H30ClN3O3. The molecule has 2 rings (SSSR count). The summed E-state index contributed by atoms with van der Waals surface area (Å²) in [5.74, 6) is 1.73. The Hall–Kier alpha value is -1.50. The van der Waals surface area contributed by atoms with Gasteiger partial charge in [0.2, 0.25) is 5.91 Å². The molecule has 142 valence electrons. The van der Waals surface area contributed by atoms with Crippen molar-refractivity contribution in [1.82, 2.24) is 10.2 Å². The first kappa shape index (κ1) is 21.5. The van der Waals surface area contributed by atoms with Crippen LogP contribution in [0, 0.1) is 0 Å². The third kappa shape index (κ3) is 6.38. The SMILES string of the molecule is COc1ccc(OC)c(CN2CCCCC2CNC(=O)CCN)c1.Cl. The Morgan fingerprint density at radius 3 is 2.80 bits per heavy atom. The van der Waals surface area contributed by atoms with Crippen molar-refractivity contribution in [3.63, 3.8) is 0 Å². The van der Waals surface area contributed by atoms with Gasteiger partial charge in [0.25, 0.3) is 0 Å². The molecule has 0 radical (unpaired) electrons. The molecule has 3 N–H and O–H groups in total. The number of amides is 1. The molecule has 1 aromatic rings. The second-order valence-corrected chi connectivity index (χ2v) is 6.14. The van der Waals surface area contributed by atoms with E-state index in [1.165, 1.54) is 12.8 Å². The minimum Gasteiger partial charge on any atom is -0.497 e. The molecule has 1 heterocycles. The molecule has 0 spiro atoms. The van der Waals surface area contributed by atoms with Crippen LogP contribution in [-0.4, -0.2) is 50.7 Å². The van der Waals surface area contributed by atoms with Gasteiger partial charge in [-0.05, 0) is 37.6 Å². The minimum absolute atomic E-state index is 0. The van der Waals surface area contributed by atoms with Gasteiger partial charge in [-0.15, -0.1) is 12.4 Å². The molecule has 1 amide bonds. The summed E-state index contributed by atoms with van der Waals surface area (Å²) >= 11 is 0. The zero-order valence-corrected chi connectivity index (χ0v) is 15.9. The Bertz CT molecular complexity index is 542. The zero-order valence-electron chi connectivity index (χ0n) is 15.1. The molecule has 7 heteroatoms. The molecule has 0 bridgehead atoms. The Morgan fingerprint density at radius 2 is 2.12 bits per heavy atom. The van der Waals surface area contributed by atoms with Crippen LogP contribution in [0.15, 0.2) is 18.2 Å². The maximum atomic E-state index is 11.7. The summed E-state index contributed by atoms with van der Waals surface area (Å²) in [6.07, 6.45) is 3.86. The molecule has 1 atom stereocenters. The van der Waals surface area contributed by atoms with E-state index < -0.39 is 0 Å². The topological polar surface area (TPSA) is 76.8 Å². The van der Waals surface area contributed by atoms with E-state index in [1.807, 2.05) is 18.2 Å². The molecule has 1 aliphatic heterocycles. The van der Waals surface area contributed by atoms with Crippen molar-refractivity contribution in [1.29, 1.82) is 0 Å². The van der Waals surface area contributed by atoms with Crippen LogP contribution in [0.5, 0.6) is 11.5 Å². The lowest BCUT2D eigenvalue weighted by molar-refractivity contribution is -0.121. The molecule has 1 saturated heterocycles. The zero-order chi connectivity index (χ0) is 17.4. The standard InChI is InChI=1S/C18H29N3O3.ClH/c1-23-16-6-7-17(24-2)14(11-16)13-21-10-4-3-5-15(21)12-20-18(22)8-9-19;/h6-7,11,15H,3-5,8-10,12-13,19H2,1-2H3,(H,20,22);1H. The predicted octanol–water partition coefficient (Wildman–Crippen LogP) is 1.95. The highest BCUT2D eigenvalue weighted by Gasteiger charge is 2.24. The molecule has 1 unspecified atom stereocenters. The van der Waals surface area contributed by atoms with Gasteiger partial charge in [0.05, 0.1) is 14.2 Å². The number of benzene rings is 1. The van der Waals surface area contributed by atoms with Crippen molar-refractivity contribution in [2.75, 3.05) is 33.9 Å². The molecular weight excluding hydrogens is 342 g/mol. The normalized spacial score (nSPS) is 17.5. The Morgan fingerprint density at radius 1 is 1.32 bits per heavy atom. The highest BCUT2D eigenvalue weighted by Crippen LogP contribution is 2.27. The Labute approximate surface area is 156 Å². The number of likely N-dealkylation sites (tertiary alicyclic amines) is 1. The van der Waals surface area contributed by atoms with Crippen molar-refractivity contribution in [2.24, 2.45) is 5.73 Å². The number of hydrogen-bond acceptors (Lipinski definition) is 5. The number of rotatable bonds is 8.